The van der Waals surface area contributed by atoms with Gasteiger partial charge in [0.15, 0.2) is 0 Å². The number of aromatic amines is 2. The topological polar surface area (TPSA) is 72.7 Å². The van der Waals surface area contributed by atoms with E-state index in [0.29, 0.717) is 6.04 Å². The molecule has 1 fully saturated rings. The van der Waals surface area contributed by atoms with Crippen LogP contribution in [0, 0.1) is 0 Å². The average molecular weight is 246 g/mol. The van der Waals surface area contributed by atoms with Crippen molar-refractivity contribution < 1.29 is 0 Å². The molecule has 1 saturated heterocycles. The van der Waals surface area contributed by atoms with Gasteiger partial charge in [0.25, 0.3) is 0 Å². The Morgan fingerprint density at radius 2 is 2.17 bits per heavy atom. The molecule has 0 bridgehead atoms. The summed E-state index contributed by atoms with van der Waals surface area (Å²) in [4.78, 5) is 16.7. The van der Waals surface area contributed by atoms with Crippen LogP contribution in [-0.2, 0) is 6.54 Å². The molecule has 0 spiro atoms. The Kier molecular flexibility index (Phi) is 3.17. The number of benzene rings is 1. The van der Waals surface area contributed by atoms with Gasteiger partial charge in [-0.15, -0.1) is 0 Å². The molecule has 0 aliphatic carbocycles. The maximum Gasteiger partial charge on any atom is 0.323 e. The lowest BCUT2D eigenvalue weighted by Crippen LogP contribution is -2.33. The number of hydrogen-bond donors (Lipinski definition) is 4. The molecule has 2 aromatic rings. The molecule has 1 unspecified atom stereocenters. The van der Waals surface area contributed by atoms with Gasteiger partial charge < -0.3 is 20.6 Å². The van der Waals surface area contributed by atoms with E-state index < -0.39 is 0 Å². The first-order valence-electron chi connectivity index (χ1n) is 6.46. The minimum absolute atomic E-state index is 0.148. The standard InChI is InChI=1S/C13H18N4O/c18-13-16-11-4-3-9(6-12(11)17-13)7-14-8-10-2-1-5-15-10/h3-4,6,10,14-15H,1-2,5,7-8H2,(H2,16,17,18). The number of aromatic nitrogens is 2. The molecule has 4 N–H and O–H groups in total. The van der Waals surface area contributed by atoms with E-state index in [1.807, 2.05) is 18.2 Å². The van der Waals surface area contributed by atoms with Crippen molar-refractivity contribution in [3.63, 3.8) is 0 Å². The van der Waals surface area contributed by atoms with Gasteiger partial charge in [-0.25, -0.2) is 4.79 Å². The van der Waals surface area contributed by atoms with Gasteiger partial charge in [-0.1, -0.05) is 6.07 Å². The normalized spacial score (nSPS) is 19.7. The summed E-state index contributed by atoms with van der Waals surface area (Å²) in [5.74, 6) is 0. The van der Waals surface area contributed by atoms with E-state index in [4.69, 9.17) is 0 Å². The first-order valence-corrected chi connectivity index (χ1v) is 6.46. The van der Waals surface area contributed by atoms with Gasteiger partial charge in [-0.2, -0.15) is 0 Å². The third-order valence-corrected chi connectivity index (χ3v) is 3.46. The quantitative estimate of drug-likeness (QED) is 0.641. The van der Waals surface area contributed by atoms with Crippen molar-refractivity contribution in [3.8, 4) is 0 Å². The van der Waals surface area contributed by atoms with Gasteiger partial charge in [0.2, 0.25) is 0 Å². The van der Waals surface area contributed by atoms with Crippen LogP contribution in [0.2, 0.25) is 0 Å². The largest absolute Gasteiger partial charge is 0.323 e. The second-order valence-electron chi connectivity index (χ2n) is 4.88. The highest BCUT2D eigenvalue weighted by molar-refractivity contribution is 5.74. The molecule has 1 atom stereocenters. The fourth-order valence-corrected chi connectivity index (χ4v) is 2.51. The van der Waals surface area contributed by atoms with Crippen molar-refractivity contribution in [2.24, 2.45) is 0 Å². The van der Waals surface area contributed by atoms with Crippen molar-refractivity contribution in [2.45, 2.75) is 25.4 Å². The fraction of sp³-hybridized carbons (Fsp3) is 0.462. The first-order chi connectivity index (χ1) is 8.81. The van der Waals surface area contributed by atoms with Gasteiger partial charge in [0.05, 0.1) is 11.0 Å². The Bertz CT molecular complexity index is 580. The third kappa shape index (κ3) is 2.47. The van der Waals surface area contributed by atoms with Crippen LogP contribution in [0.3, 0.4) is 0 Å². The van der Waals surface area contributed by atoms with Crippen LogP contribution in [0.4, 0.5) is 0 Å². The average Bonchev–Trinajstić information content (AvgIpc) is 2.96. The summed E-state index contributed by atoms with van der Waals surface area (Å²) >= 11 is 0. The first kappa shape index (κ1) is 11.5. The minimum atomic E-state index is -0.148. The molecule has 2 heterocycles. The maximum absolute atomic E-state index is 11.2. The zero-order valence-electron chi connectivity index (χ0n) is 10.3. The second kappa shape index (κ2) is 4.96. The number of H-pyrrole nitrogens is 2. The van der Waals surface area contributed by atoms with Crippen LogP contribution in [0.1, 0.15) is 18.4 Å². The number of rotatable bonds is 4. The Morgan fingerprint density at radius 3 is 3.00 bits per heavy atom. The molecule has 0 amide bonds. The lowest BCUT2D eigenvalue weighted by atomic mass is 10.2. The number of imidazole rings is 1. The zero-order chi connectivity index (χ0) is 12.4. The molecular weight excluding hydrogens is 228 g/mol. The lowest BCUT2D eigenvalue weighted by Gasteiger charge is -2.11. The van der Waals surface area contributed by atoms with Gasteiger partial charge in [-0.05, 0) is 37.1 Å². The van der Waals surface area contributed by atoms with E-state index in [0.717, 1.165) is 30.7 Å². The molecule has 1 aliphatic rings. The smallest absolute Gasteiger partial charge is 0.313 e. The Balaban J connectivity index is 1.61. The van der Waals surface area contributed by atoms with E-state index in [2.05, 4.69) is 20.6 Å². The Hall–Kier alpha value is -1.59. The van der Waals surface area contributed by atoms with Crippen LogP contribution in [0.5, 0.6) is 0 Å². The maximum atomic E-state index is 11.2. The third-order valence-electron chi connectivity index (χ3n) is 3.46. The van der Waals surface area contributed by atoms with Gasteiger partial charge >= 0.3 is 5.69 Å². The van der Waals surface area contributed by atoms with E-state index in [-0.39, 0.29) is 5.69 Å². The highest BCUT2D eigenvalue weighted by Crippen LogP contribution is 2.10. The molecule has 1 aromatic carbocycles. The molecule has 18 heavy (non-hydrogen) atoms. The van der Waals surface area contributed by atoms with Crippen molar-refractivity contribution in [1.29, 1.82) is 0 Å². The van der Waals surface area contributed by atoms with Gasteiger partial charge in [0, 0.05) is 19.1 Å². The SMILES string of the molecule is O=c1[nH]c2ccc(CNCC3CCCN3)cc2[nH]1. The Labute approximate surface area is 105 Å². The predicted octanol–water partition coefficient (Wildman–Crippen LogP) is 0.698. The highest BCUT2D eigenvalue weighted by Gasteiger charge is 2.12. The number of fused-ring (bicyclic) bond motifs is 1. The minimum Gasteiger partial charge on any atom is -0.313 e. The van der Waals surface area contributed by atoms with Crippen LogP contribution in [0.25, 0.3) is 11.0 Å². The zero-order valence-corrected chi connectivity index (χ0v) is 10.3. The monoisotopic (exact) mass is 246 g/mol. The molecule has 0 saturated carbocycles. The van der Waals surface area contributed by atoms with Crippen LogP contribution >= 0.6 is 0 Å². The molecule has 3 rings (SSSR count). The molecule has 5 nitrogen and oxygen atoms in total. The van der Waals surface area contributed by atoms with E-state index in [1.165, 1.54) is 18.4 Å². The van der Waals surface area contributed by atoms with Crippen LogP contribution in [-0.4, -0.2) is 29.1 Å². The summed E-state index contributed by atoms with van der Waals surface area (Å²) in [6, 6.07) is 6.61. The van der Waals surface area contributed by atoms with Crippen LogP contribution in [0.15, 0.2) is 23.0 Å². The van der Waals surface area contributed by atoms with E-state index >= 15 is 0 Å². The van der Waals surface area contributed by atoms with Crippen molar-refractivity contribution in [3.05, 3.63) is 34.2 Å². The highest BCUT2D eigenvalue weighted by atomic mass is 16.1. The van der Waals surface area contributed by atoms with Crippen molar-refractivity contribution in [1.82, 2.24) is 20.6 Å². The summed E-state index contributed by atoms with van der Waals surface area (Å²) in [6.45, 7) is 2.98. The Morgan fingerprint density at radius 1 is 1.28 bits per heavy atom. The van der Waals surface area contributed by atoms with Gasteiger partial charge in [-0.3, -0.25) is 0 Å². The second-order valence-corrected chi connectivity index (χ2v) is 4.88. The molecular formula is C13H18N4O. The molecule has 0 radical (unpaired) electrons. The number of hydrogen-bond acceptors (Lipinski definition) is 3. The van der Waals surface area contributed by atoms with Crippen molar-refractivity contribution >= 4 is 11.0 Å². The van der Waals surface area contributed by atoms with Crippen LogP contribution < -0.4 is 16.3 Å². The molecule has 1 aromatic heterocycles. The van der Waals surface area contributed by atoms with E-state index in [9.17, 15) is 4.79 Å². The van der Waals surface area contributed by atoms with Gasteiger partial charge in [0.1, 0.15) is 0 Å². The number of nitrogens with one attached hydrogen (secondary N) is 4. The summed E-state index contributed by atoms with van der Waals surface area (Å²) in [7, 11) is 0. The fourth-order valence-electron chi connectivity index (χ4n) is 2.51. The van der Waals surface area contributed by atoms with Crippen molar-refractivity contribution in [2.75, 3.05) is 13.1 Å². The molecule has 96 valence electrons. The summed E-state index contributed by atoms with van der Waals surface area (Å²) in [5.41, 5.74) is 2.78. The predicted molar refractivity (Wildman–Crippen MR) is 71.7 cm³/mol. The summed E-state index contributed by atoms with van der Waals surface area (Å²) in [5, 5.41) is 6.91. The molecule has 1 aliphatic heterocycles. The molecule has 5 heteroatoms. The summed E-state index contributed by atoms with van der Waals surface area (Å²) < 4.78 is 0. The van der Waals surface area contributed by atoms with E-state index in [1.54, 1.807) is 0 Å². The summed E-state index contributed by atoms with van der Waals surface area (Å²) in [6.07, 6.45) is 2.54. The lowest BCUT2D eigenvalue weighted by molar-refractivity contribution is 0.536.